The molecule has 220 valence electrons. The third-order valence-corrected chi connectivity index (χ3v) is 6.57. The summed E-state index contributed by atoms with van der Waals surface area (Å²) in [6, 6.07) is 16.8. The van der Waals surface area contributed by atoms with Gasteiger partial charge in [-0.1, -0.05) is 73.3 Å². The van der Waals surface area contributed by atoms with Gasteiger partial charge in [0.15, 0.2) is 6.29 Å². The van der Waals surface area contributed by atoms with Crippen LogP contribution in [0.15, 0.2) is 73.3 Å². The molecule has 2 aliphatic heterocycles. The van der Waals surface area contributed by atoms with E-state index in [0.29, 0.717) is 0 Å². The number of fused-ring (bicyclic) bond motifs is 1. The van der Waals surface area contributed by atoms with Crippen LogP contribution in [0.1, 0.15) is 23.8 Å². The van der Waals surface area contributed by atoms with E-state index in [9.17, 15) is 24.6 Å². The fourth-order valence-electron chi connectivity index (χ4n) is 4.45. The van der Waals surface area contributed by atoms with Gasteiger partial charge < -0.3 is 44.5 Å². The number of hydrogen-bond donors (Lipinski definition) is 4. The number of amides is 2. The van der Waals surface area contributed by atoms with Gasteiger partial charge in [-0.15, -0.1) is 0 Å². The van der Waals surface area contributed by atoms with Crippen molar-refractivity contribution in [2.45, 2.75) is 55.9 Å². The number of alkyl carbamates (subject to hydrolysis) is 1. The zero-order valence-electron chi connectivity index (χ0n) is 22.3. The summed E-state index contributed by atoms with van der Waals surface area (Å²) in [5, 5.41) is 26.4. The lowest BCUT2D eigenvalue weighted by atomic mass is 9.94. The molecular weight excluding hydrogens is 536 g/mol. The van der Waals surface area contributed by atoms with E-state index >= 15 is 0 Å². The minimum atomic E-state index is -1.37. The van der Waals surface area contributed by atoms with Gasteiger partial charge in [-0.05, 0) is 5.56 Å². The van der Waals surface area contributed by atoms with E-state index in [1.165, 1.54) is 6.08 Å². The predicted molar refractivity (Wildman–Crippen MR) is 143 cm³/mol. The van der Waals surface area contributed by atoms with Gasteiger partial charge in [0.1, 0.15) is 49.8 Å². The molecule has 0 aliphatic carbocycles. The van der Waals surface area contributed by atoms with Gasteiger partial charge in [0, 0.05) is 12.1 Å². The number of aliphatic hydroxyl groups is 2. The average Bonchev–Trinajstić information content (AvgIpc) is 3.00. The van der Waals surface area contributed by atoms with Crippen LogP contribution in [-0.4, -0.2) is 84.5 Å². The Labute approximate surface area is 237 Å². The van der Waals surface area contributed by atoms with Crippen molar-refractivity contribution >= 4 is 18.0 Å². The fraction of sp³-hybridized carbons (Fsp3) is 0.414. The first-order chi connectivity index (χ1) is 19.9. The van der Waals surface area contributed by atoms with Crippen LogP contribution in [0, 0.1) is 0 Å². The molecule has 0 saturated carbocycles. The van der Waals surface area contributed by atoms with Crippen LogP contribution in [0.4, 0.5) is 4.79 Å². The summed E-state index contributed by atoms with van der Waals surface area (Å²) in [6.45, 7) is 3.24. The highest BCUT2D eigenvalue weighted by molar-refractivity contribution is 5.88. The Bertz CT molecular complexity index is 1160. The van der Waals surface area contributed by atoms with Crippen molar-refractivity contribution in [1.29, 1.82) is 0 Å². The molecule has 4 N–H and O–H groups in total. The third kappa shape index (κ3) is 8.35. The normalized spacial score (nSPS) is 26.1. The Hall–Kier alpha value is -3.81. The smallest absolute Gasteiger partial charge is 0.408 e. The van der Waals surface area contributed by atoms with Gasteiger partial charge >= 0.3 is 12.1 Å². The van der Waals surface area contributed by atoms with Gasteiger partial charge in [0.2, 0.25) is 5.91 Å². The summed E-state index contributed by atoms with van der Waals surface area (Å²) in [5.41, 5.74) is 1.51. The van der Waals surface area contributed by atoms with E-state index in [4.69, 9.17) is 23.7 Å². The topological polar surface area (TPSA) is 162 Å². The molecule has 2 fully saturated rings. The number of benzene rings is 2. The van der Waals surface area contributed by atoms with Crippen molar-refractivity contribution < 1.29 is 48.3 Å². The Kier molecular flexibility index (Phi) is 10.8. The first-order valence-electron chi connectivity index (χ1n) is 13.2. The lowest BCUT2D eigenvalue weighted by molar-refractivity contribution is -0.327. The molecule has 12 nitrogen and oxygen atoms in total. The maximum Gasteiger partial charge on any atom is 0.408 e. The molecule has 2 amide bonds. The standard InChI is InChI=1S/C29H34N2O10/c1-2-13-37-27(35)20(31-29(36)39-16-18-9-5-3-6-10-18)14-23(32)30-15-21-24(33)25(34)26-22(40-21)17-38-28(41-26)19-11-7-4-8-12-19/h2-12,20-22,24-26,28,33-34H,1,13-17H2,(H,30,32)(H,31,36)/t20-,21-,22+,24-,25+,26+,28?/m0/s1. The summed E-state index contributed by atoms with van der Waals surface area (Å²) >= 11 is 0. The molecule has 2 aromatic rings. The second kappa shape index (κ2) is 14.7. The molecule has 1 unspecified atom stereocenters. The molecule has 2 heterocycles. The van der Waals surface area contributed by atoms with Crippen molar-refractivity contribution in [2.24, 2.45) is 0 Å². The van der Waals surface area contributed by atoms with E-state index in [0.717, 1.165) is 11.1 Å². The number of carbonyl (C=O) groups excluding carboxylic acids is 3. The second-order valence-electron chi connectivity index (χ2n) is 9.56. The Morgan fingerprint density at radius 1 is 1.00 bits per heavy atom. The number of nitrogens with one attached hydrogen (secondary N) is 2. The summed E-state index contributed by atoms with van der Waals surface area (Å²) in [4.78, 5) is 37.5. The molecule has 41 heavy (non-hydrogen) atoms. The molecule has 2 aromatic carbocycles. The highest BCUT2D eigenvalue weighted by Gasteiger charge is 2.48. The highest BCUT2D eigenvalue weighted by Crippen LogP contribution is 2.33. The Morgan fingerprint density at radius 3 is 2.41 bits per heavy atom. The van der Waals surface area contributed by atoms with Crippen molar-refractivity contribution in [1.82, 2.24) is 10.6 Å². The number of hydrogen-bond acceptors (Lipinski definition) is 10. The fourth-order valence-corrected chi connectivity index (χ4v) is 4.45. The van der Waals surface area contributed by atoms with Gasteiger partial charge in [0.05, 0.1) is 13.0 Å². The number of rotatable bonds is 11. The summed E-state index contributed by atoms with van der Waals surface area (Å²) in [6.07, 6.45) is -5.92. The van der Waals surface area contributed by atoms with Crippen molar-refractivity contribution in [3.05, 3.63) is 84.4 Å². The first-order valence-corrected chi connectivity index (χ1v) is 13.2. The Morgan fingerprint density at radius 2 is 1.71 bits per heavy atom. The largest absolute Gasteiger partial charge is 0.460 e. The molecule has 0 spiro atoms. The molecule has 7 atom stereocenters. The van der Waals surface area contributed by atoms with Crippen LogP contribution in [0.3, 0.4) is 0 Å². The van der Waals surface area contributed by atoms with Crippen molar-refractivity contribution in [2.75, 3.05) is 19.8 Å². The van der Waals surface area contributed by atoms with Gasteiger partial charge in [-0.25, -0.2) is 9.59 Å². The van der Waals surface area contributed by atoms with Crippen LogP contribution >= 0.6 is 0 Å². The minimum absolute atomic E-state index is 0.0335. The summed E-state index contributed by atoms with van der Waals surface area (Å²) < 4.78 is 27.7. The molecule has 2 aliphatic rings. The molecule has 0 bridgehead atoms. The third-order valence-electron chi connectivity index (χ3n) is 6.57. The van der Waals surface area contributed by atoms with Gasteiger partial charge in [0.25, 0.3) is 0 Å². The van der Waals surface area contributed by atoms with Gasteiger partial charge in [-0.2, -0.15) is 0 Å². The van der Waals surface area contributed by atoms with E-state index in [1.807, 2.05) is 36.4 Å². The van der Waals surface area contributed by atoms with Crippen LogP contribution in [0.2, 0.25) is 0 Å². The summed E-state index contributed by atoms with van der Waals surface area (Å²) in [7, 11) is 0. The number of ether oxygens (including phenoxy) is 5. The molecule has 12 heteroatoms. The zero-order valence-corrected chi connectivity index (χ0v) is 22.3. The van der Waals surface area contributed by atoms with Crippen molar-refractivity contribution in [3.63, 3.8) is 0 Å². The van der Waals surface area contributed by atoms with Gasteiger partial charge in [-0.3, -0.25) is 4.79 Å². The second-order valence-corrected chi connectivity index (χ2v) is 9.56. The van der Waals surface area contributed by atoms with Crippen LogP contribution < -0.4 is 10.6 Å². The Balaban J connectivity index is 1.28. The lowest BCUT2D eigenvalue weighted by Gasteiger charge is -2.46. The van der Waals surface area contributed by atoms with Crippen LogP contribution in [0.25, 0.3) is 0 Å². The van der Waals surface area contributed by atoms with Crippen molar-refractivity contribution in [3.8, 4) is 0 Å². The molecule has 0 aromatic heterocycles. The minimum Gasteiger partial charge on any atom is -0.460 e. The maximum atomic E-state index is 12.7. The monoisotopic (exact) mass is 570 g/mol. The van der Waals surface area contributed by atoms with Crippen LogP contribution in [-0.2, 0) is 39.9 Å². The zero-order chi connectivity index (χ0) is 29.2. The van der Waals surface area contributed by atoms with E-state index < -0.39 is 67.2 Å². The quantitative estimate of drug-likeness (QED) is 0.228. The van der Waals surface area contributed by atoms with Crippen LogP contribution in [0.5, 0.6) is 0 Å². The number of aliphatic hydroxyl groups excluding tert-OH is 2. The predicted octanol–water partition coefficient (Wildman–Crippen LogP) is 1.12. The maximum absolute atomic E-state index is 12.7. The van der Waals surface area contributed by atoms with E-state index in [-0.39, 0.29) is 26.4 Å². The number of esters is 1. The highest BCUT2D eigenvalue weighted by atomic mass is 16.7. The summed E-state index contributed by atoms with van der Waals surface area (Å²) in [5.74, 6) is -1.49. The lowest BCUT2D eigenvalue weighted by Crippen LogP contribution is -2.63. The van der Waals surface area contributed by atoms with E-state index in [1.54, 1.807) is 24.3 Å². The molecular formula is C29H34N2O10. The number of carbonyl (C=O) groups is 3. The molecule has 0 radical (unpaired) electrons. The molecule has 4 rings (SSSR count). The SMILES string of the molecule is C=CCOC(=O)[C@H](CC(=O)NC[C@@H]1O[C@@H]2COC(c3ccccc3)O[C@H]2[C@H](O)[C@H]1O)NC(=O)OCc1ccccc1. The molecule has 2 saturated heterocycles. The first kappa shape index (κ1) is 30.2. The average molecular weight is 571 g/mol. The van der Waals surface area contributed by atoms with E-state index in [2.05, 4.69) is 17.2 Å².